The summed E-state index contributed by atoms with van der Waals surface area (Å²) in [7, 11) is 0. The third-order valence-electron chi connectivity index (χ3n) is 7.39. The summed E-state index contributed by atoms with van der Waals surface area (Å²) in [4.78, 5) is 0. The first-order valence-electron chi connectivity index (χ1n) is 8.54. The Kier molecular flexibility index (Phi) is 2.99. The van der Waals surface area contributed by atoms with Crippen molar-refractivity contribution in [2.45, 2.75) is 57.5 Å². The Morgan fingerprint density at radius 2 is 1.96 bits per heavy atom. The van der Waals surface area contributed by atoms with Gasteiger partial charge < -0.3 is 10.2 Å². The highest BCUT2D eigenvalue weighted by molar-refractivity contribution is 5.46. The van der Waals surface area contributed by atoms with Gasteiger partial charge in [-0.15, -0.1) is 0 Å². The summed E-state index contributed by atoms with van der Waals surface area (Å²) in [5, 5.41) is 20.0. The fourth-order valence-electron chi connectivity index (χ4n) is 5.79. The number of rotatable bonds is 0. The van der Waals surface area contributed by atoms with Gasteiger partial charge in [0.2, 0.25) is 0 Å². The fourth-order valence-corrected chi connectivity index (χ4v) is 5.79. The summed E-state index contributed by atoms with van der Waals surface area (Å²) < 4.78 is 30.5. The van der Waals surface area contributed by atoms with Crippen LogP contribution in [0.4, 0.5) is 8.78 Å². The predicted octanol–water partition coefficient (Wildman–Crippen LogP) is 4.18. The maximum Gasteiger partial charge on any atom is 0.127 e. The van der Waals surface area contributed by atoms with Crippen LogP contribution in [0.25, 0.3) is 0 Å². The first-order chi connectivity index (χ1) is 10.7. The van der Waals surface area contributed by atoms with Crippen LogP contribution in [0.5, 0.6) is 0 Å². The molecule has 0 radical (unpaired) electrons. The van der Waals surface area contributed by atoms with Crippen LogP contribution in [0.15, 0.2) is 35.6 Å². The summed E-state index contributed by atoms with van der Waals surface area (Å²) in [5.41, 5.74) is -1.96. The molecule has 4 heteroatoms. The second-order valence-electron chi connectivity index (χ2n) is 8.28. The first-order valence-corrected chi connectivity index (χ1v) is 8.54. The molecule has 0 aliphatic heterocycles. The van der Waals surface area contributed by atoms with Gasteiger partial charge in [-0.1, -0.05) is 19.1 Å². The minimum Gasteiger partial charge on any atom is -0.508 e. The van der Waals surface area contributed by atoms with Crippen molar-refractivity contribution >= 4 is 0 Å². The predicted molar refractivity (Wildman–Crippen MR) is 84.3 cm³/mol. The molecule has 0 aromatic heterocycles. The van der Waals surface area contributed by atoms with Crippen LogP contribution < -0.4 is 0 Å². The molecule has 0 spiro atoms. The summed E-state index contributed by atoms with van der Waals surface area (Å²) in [6, 6.07) is 0. The van der Waals surface area contributed by atoms with E-state index in [4.69, 9.17) is 0 Å². The zero-order chi connectivity index (χ0) is 16.6. The van der Waals surface area contributed by atoms with E-state index in [2.05, 4.69) is 0 Å². The highest BCUT2D eigenvalue weighted by atomic mass is 19.1. The molecule has 0 saturated heterocycles. The Labute approximate surface area is 135 Å². The number of halogens is 2. The number of alkyl halides is 2. The second-order valence-corrected chi connectivity index (χ2v) is 8.28. The van der Waals surface area contributed by atoms with Crippen LogP contribution >= 0.6 is 0 Å². The minimum absolute atomic E-state index is 0.145. The van der Waals surface area contributed by atoms with E-state index in [1.807, 2.05) is 19.9 Å². The monoisotopic (exact) mass is 322 g/mol. The van der Waals surface area contributed by atoms with E-state index in [-0.39, 0.29) is 24.0 Å². The van der Waals surface area contributed by atoms with E-state index in [1.165, 1.54) is 0 Å². The standard InChI is InChI=1S/C19H24F2O2/c1-17-7-8-19(21)13(14(17)10-15(20)16(17)23)4-3-11-9-12(22)5-6-18(11,19)2/h3,5-6,9,13-16,22-23H,4,7-8,10H2,1-2H3/t13-,14-,15+,16-,17-,18-,19+/m0/s1. The van der Waals surface area contributed by atoms with Gasteiger partial charge in [-0.05, 0) is 61.7 Å². The molecule has 4 aliphatic carbocycles. The van der Waals surface area contributed by atoms with Gasteiger partial charge >= 0.3 is 0 Å². The van der Waals surface area contributed by atoms with E-state index in [0.717, 1.165) is 5.57 Å². The van der Waals surface area contributed by atoms with Crippen molar-refractivity contribution in [3.63, 3.8) is 0 Å². The largest absolute Gasteiger partial charge is 0.508 e. The van der Waals surface area contributed by atoms with Gasteiger partial charge in [-0.3, -0.25) is 0 Å². The van der Waals surface area contributed by atoms with E-state index < -0.39 is 28.8 Å². The normalized spacial score (nSPS) is 54.7. The molecule has 0 heterocycles. The number of allylic oxidation sites excluding steroid dienone is 5. The molecule has 2 saturated carbocycles. The van der Waals surface area contributed by atoms with Gasteiger partial charge in [0, 0.05) is 11.3 Å². The molecule has 0 bridgehead atoms. The molecule has 2 nitrogen and oxygen atoms in total. The molecule has 7 atom stereocenters. The quantitative estimate of drug-likeness (QED) is 0.702. The molecule has 0 amide bonds. The van der Waals surface area contributed by atoms with Crippen molar-refractivity contribution in [1.82, 2.24) is 0 Å². The van der Waals surface area contributed by atoms with E-state index >= 15 is 4.39 Å². The molecule has 23 heavy (non-hydrogen) atoms. The van der Waals surface area contributed by atoms with Gasteiger partial charge in [0.15, 0.2) is 0 Å². The average Bonchev–Trinajstić information content (AvgIpc) is 2.73. The van der Waals surface area contributed by atoms with Crippen LogP contribution in [-0.2, 0) is 0 Å². The Bertz CT molecular complexity index is 639. The maximum absolute atomic E-state index is 16.3. The summed E-state index contributed by atoms with van der Waals surface area (Å²) >= 11 is 0. The molecule has 2 fully saturated rings. The van der Waals surface area contributed by atoms with Gasteiger partial charge in [-0.25, -0.2) is 8.78 Å². The molecule has 0 aromatic carbocycles. The Morgan fingerprint density at radius 1 is 1.22 bits per heavy atom. The summed E-state index contributed by atoms with van der Waals surface area (Å²) in [5.74, 6) is -0.283. The topological polar surface area (TPSA) is 40.5 Å². The SMILES string of the molecule is C[C@]12CC[C@@]3(F)[C@@H](CC=C4C=C(O)C=C[C@@]43C)[C@@H]1C[C@@H](F)[C@@H]2O. The number of aliphatic hydroxyl groups is 2. The number of aliphatic hydroxyl groups excluding tert-OH is 2. The van der Waals surface area contributed by atoms with E-state index in [9.17, 15) is 14.6 Å². The van der Waals surface area contributed by atoms with Crippen molar-refractivity contribution in [2.24, 2.45) is 22.7 Å². The molecular weight excluding hydrogens is 298 g/mol. The van der Waals surface area contributed by atoms with E-state index in [0.29, 0.717) is 19.3 Å². The second kappa shape index (κ2) is 4.47. The summed E-state index contributed by atoms with van der Waals surface area (Å²) in [6.45, 7) is 3.80. The summed E-state index contributed by atoms with van der Waals surface area (Å²) in [6.07, 6.45) is 6.34. The van der Waals surface area contributed by atoms with Gasteiger partial charge in [-0.2, -0.15) is 0 Å². The van der Waals surface area contributed by atoms with Crippen LogP contribution in [-0.4, -0.2) is 28.2 Å². The van der Waals surface area contributed by atoms with Crippen molar-refractivity contribution < 1.29 is 19.0 Å². The lowest BCUT2D eigenvalue weighted by molar-refractivity contribution is -0.127. The van der Waals surface area contributed by atoms with Crippen LogP contribution in [0.2, 0.25) is 0 Å². The smallest absolute Gasteiger partial charge is 0.127 e. The third-order valence-corrected chi connectivity index (χ3v) is 7.39. The Morgan fingerprint density at radius 3 is 2.70 bits per heavy atom. The highest BCUT2D eigenvalue weighted by Crippen LogP contribution is 2.67. The lowest BCUT2D eigenvalue weighted by Crippen LogP contribution is -2.59. The van der Waals surface area contributed by atoms with Crippen LogP contribution in [0.1, 0.15) is 39.5 Å². The molecule has 126 valence electrons. The van der Waals surface area contributed by atoms with Crippen LogP contribution in [0.3, 0.4) is 0 Å². The van der Waals surface area contributed by atoms with Crippen molar-refractivity contribution in [3.8, 4) is 0 Å². The van der Waals surface area contributed by atoms with Gasteiger partial charge in [0.05, 0.1) is 6.10 Å². The molecule has 4 rings (SSSR count). The van der Waals surface area contributed by atoms with Gasteiger partial charge in [0.1, 0.15) is 17.6 Å². The molecule has 0 unspecified atom stereocenters. The van der Waals surface area contributed by atoms with Crippen molar-refractivity contribution in [2.75, 3.05) is 0 Å². The van der Waals surface area contributed by atoms with E-state index in [1.54, 1.807) is 18.2 Å². The Balaban J connectivity index is 1.80. The lowest BCUT2D eigenvalue weighted by atomic mass is 9.48. The molecule has 4 aliphatic rings. The Hall–Kier alpha value is -1.16. The molecule has 0 aromatic rings. The lowest BCUT2D eigenvalue weighted by Gasteiger charge is -2.58. The molecule has 2 N–H and O–H groups in total. The molecular formula is C19H24F2O2. The van der Waals surface area contributed by atoms with Crippen molar-refractivity contribution in [3.05, 3.63) is 35.6 Å². The first kappa shape index (κ1) is 15.4. The zero-order valence-corrected chi connectivity index (χ0v) is 13.6. The number of hydrogen-bond donors (Lipinski definition) is 2. The zero-order valence-electron chi connectivity index (χ0n) is 13.6. The third kappa shape index (κ3) is 1.71. The number of hydrogen-bond acceptors (Lipinski definition) is 2. The minimum atomic E-state index is -1.46. The van der Waals surface area contributed by atoms with Crippen LogP contribution in [0, 0.1) is 22.7 Å². The highest BCUT2D eigenvalue weighted by Gasteiger charge is 2.67. The average molecular weight is 322 g/mol. The van der Waals surface area contributed by atoms with Gasteiger partial charge in [0.25, 0.3) is 0 Å². The van der Waals surface area contributed by atoms with Crippen molar-refractivity contribution in [1.29, 1.82) is 0 Å². The number of fused-ring (bicyclic) bond motifs is 5. The fraction of sp³-hybridized carbons (Fsp3) is 0.684. The maximum atomic E-state index is 16.3.